The third-order valence-corrected chi connectivity index (χ3v) is 12.8. The molecular formula is C52H103NO8P+. The summed E-state index contributed by atoms with van der Waals surface area (Å²) < 4.78 is 34.5. The number of likely N-dealkylation sites (N-methyl/N-ethyl adjacent to an activating group) is 1. The number of nitrogens with zero attached hydrogens (tertiary/aromatic N) is 1. The molecule has 0 fully saturated rings. The number of ether oxygens (including phenoxy) is 2. The molecule has 0 rings (SSSR count). The summed E-state index contributed by atoms with van der Waals surface area (Å²) in [6, 6.07) is 0. The van der Waals surface area contributed by atoms with E-state index in [0.29, 0.717) is 17.4 Å². The Morgan fingerprint density at radius 1 is 0.484 bits per heavy atom. The molecule has 368 valence electrons. The summed E-state index contributed by atoms with van der Waals surface area (Å²) in [6.45, 7) is 4.46. The van der Waals surface area contributed by atoms with Crippen molar-refractivity contribution >= 4 is 19.8 Å². The van der Waals surface area contributed by atoms with Gasteiger partial charge in [-0.1, -0.05) is 219 Å². The highest BCUT2D eigenvalue weighted by Crippen LogP contribution is 2.43. The average molecular weight is 901 g/mol. The van der Waals surface area contributed by atoms with E-state index in [0.717, 1.165) is 32.1 Å². The van der Waals surface area contributed by atoms with Crippen molar-refractivity contribution in [1.82, 2.24) is 0 Å². The van der Waals surface area contributed by atoms with E-state index >= 15 is 0 Å². The summed E-state index contributed by atoms with van der Waals surface area (Å²) in [7, 11) is 1.49. The van der Waals surface area contributed by atoms with Crippen LogP contribution in [0.5, 0.6) is 0 Å². The van der Waals surface area contributed by atoms with Gasteiger partial charge in [0.2, 0.25) is 0 Å². The second-order valence-corrected chi connectivity index (χ2v) is 20.7. The van der Waals surface area contributed by atoms with Crippen LogP contribution in [0.25, 0.3) is 0 Å². The van der Waals surface area contributed by atoms with Gasteiger partial charge in [0.05, 0.1) is 27.7 Å². The smallest absolute Gasteiger partial charge is 0.462 e. The van der Waals surface area contributed by atoms with Crippen molar-refractivity contribution < 1.29 is 42.1 Å². The number of hydrogen-bond donors (Lipinski definition) is 1. The zero-order valence-electron chi connectivity index (χ0n) is 41.6. The second-order valence-electron chi connectivity index (χ2n) is 19.3. The van der Waals surface area contributed by atoms with Crippen molar-refractivity contribution in [2.45, 2.75) is 264 Å². The maximum Gasteiger partial charge on any atom is 0.472 e. The van der Waals surface area contributed by atoms with Gasteiger partial charge in [-0.2, -0.15) is 0 Å². The van der Waals surface area contributed by atoms with Crippen molar-refractivity contribution in [3.8, 4) is 0 Å². The van der Waals surface area contributed by atoms with E-state index in [1.165, 1.54) is 193 Å². The molecule has 0 amide bonds. The first-order chi connectivity index (χ1) is 30.0. The summed E-state index contributed by atoms with van der Waals surface area (Å²) in [5.74, 6) is -0.788. The highest BCUT2D eigenvalue weighted by atomic mass is 31.2. The van der Waals surface area contributed by atoms with E-state index in [9.17, 15) is 19.0 Å². The van der Waals surface area contributed by atoms with Gasteiger partial charge in [0, 0.05) is 12.8 Å². The lowest BCUT2D eigenvalue weighted by Crippen LogP contribution is -2.37. The monoisotopic (exact) mass is 901 g/mol. The third-order valence-electron chi connectivity index (χ3n) is 11.8. The van der Waals surface area contributed by atoms with Crippen molar-refractivity contribution in [2.75, 3.05) is 47.5 Å². The highest BCUT2D eigenvalue weighted by molar-refractivity contribution is 7.47. The number of carbonyl (C=O) groups excluding carboxylic acids is 2. The number of carbonyl (C=O) groups is 2. The Labute approximate surface area is 384 Å². The van der Waals surface area contributed by atoms with Crippen molar-refractivity contribution in [3.63, 3.8) is 0 Å². The number of hydrogen-bond acceptors (Lipinski definition) is 7. The zero-order chi connectivity index (χ0) is 45.7. The van der Waals surface area contributed by atoms with E-state index in [1.54, 1.807) is 0 Å². The first-order valence-corrected chi connectivity index (χ1v) is 27.9. The van der Waals surface area contributed by atoms with Crippen LogP contribution in [0.4, 0.5) is 0 Å². The van der Waals surface area contributed by atoms with E-state index in [1.807, 2.05) is 21.1 Å². The zero-order valence-corrected chi connectivity index (χ0v) is 42.5. The van der Waals surface area contributed by atoms with E-state index < -0.39 is 26.5 Å². The van der Waals surface area contributed by atoms with Gasteiger partial charge in [-0.25, -0.2) is 4.57 Å². The molecule has 10 heteroatoms. The predicted octanol–water partition coefficient (Wildman–Crippen LogP) is 15.7. The molecule has 0 aromatic rings. The molecule has 0 aromatic heterocycles. The fraction of sp³-hybridized carbons (Fsp3) is 0.923. The first kappa shape index (κ1) is 60.8. The van der Waals surface area contributed by atoms with Crippen LogP contribution in [0.2, 0.25) is 0 Å². The topological polar surface area (TPSA) is 108 Å². The maximum absolute atomic E-state index is 12.8. The standard InChI is InChI=1S/C52H102NO8P/c1-6-8-10-12-14-16-18-20-22-23-24-25-26-27-28-29-31-33-35-37-39-41-43-45-52(55)61-50(49-60-62(56,57)59-47-46-53(3,4)5)48-58-51(54)44-42-40-38-36-34-32-30-21-19-17-15-13-11-9-7-2/h17,19,50H,6-16,18,20-49H2,1-5H3/p+1/b19-17+/t50-/m1/s1. The number of phosphoric acid groups is 1. The van der Waals surface area contributed by atoms with Crippen LogP contribution in [-0.2, 0) is 32.7 Å². The largest absolute Gasteiger partial charge is 0.472 e. The summed E-state index contributed by atoms with van der Waals surface area (Å²) in [4.78, 5) is 35.5. The summed E-state index contributed by atoms with van der Waals surface area (Å²) >= 11 is 0. The fourth-order valence-electron chi connectivity index (χ4n) is 7.66. The molecular weight excluding hydrogens is 798 g/mol. The van der Waals surface area contributed by atoms with Gasteiger partial charge >= 0.3 is 19.8 Å². The SMILES string of the molecule is CCCCCC/C=C/CCCCCCCCCC(=O)OC[C@H](COP(=O)(O)OCC[N+](C)(C)C)OC(=O)CCCCCCCCCCCCCCCCCCCCCCCCC. The van der Waals surface area contributed by atoms with E-state index in [4.69, 9.17) is 18.5 Å². The van der Waals surface area contributed by atoms with Crippen LogP contribution in [0, 0.1) is 0 Å². The van der Waals surface area contributed by atoms with Gasteiger partial charge in [-0.15, -0.1) is 0 Å². The van der Waals surface area contributed by atoms with Gasteiger partial charge in [0.1, 0.15) is 19.8 Å². The molecule has 0 aliphatic heterocycles. The molecule has 0 aliphatic rings. The number of phosphoric ester groups is 1. The molecule has 0 aliphatic carbocycles. The van der Waals surface area contributed by atoms with Crippen LogP contribution < -0.4 is 0 Å². The van der Waals surface area contributed by atoms with Gasteiger partial charge in [0.25, 0.3) is 0 Å². The van der Waals surface area contributed by atoms with Crippen molar-refractivity contribution in [3.05, 3.63) is 12.2 Å². The lowest BCUT2D eigenvalue weighted by molar-refractivity contribution is -0.870. The third kappa shape index (κ3) is 48.2. The number of esters is 2. The Bertz CT molecular complexity index is 1060. The summed E-state index contributed by atoms with van der Waals surface area (Å²) in [5.41, 5.74) is 0. The molecule has 0 bridgehead atoms. The lowest BCUT2D eigenvalue weighted by atomic mass is 10.0. The molecule has 0 spiro atoms. The number of rotatable bonds is 49. The molecule has 0 radical (unpaired) electrons. The van der Waals surface area contributed by atoms with Crippen LogP contribution in [0.3, 0.4) is 0 Å². The molecule has 0 saturated heterocycles. The Morgan fingerprint density at radius 2 is 0.823 bits per heavy atom. The Hall–Kier alpha value is -1.25. The van der Waals surface area contributed by atoms with Crippen LogP contribution in [-0.4, -0.2) is 74.9 Å². The minimum absolute atomic E-state index is 0.0346. The molecule has 62 heavy (non-hydrogen) atoms. The van der Waals surface area contributed by atoms with Gasteiger partial charge in [-0.3, -0.25) is 18.6 Å². The molecule has 9 nitrogen and oxygen atoms in total. The van der Waals surface area contributed by atoms with Gasteiger partial charge in [0.15, 0.2) is 6.10 Å². The minimum atomic E-state index is -4.38. The molecule has 1 unspecified atom stereocenters. The molecule has 0 saturated carbocycles. The summed E-state index contributed by atoms with van der Waals surface area (Å²) in [6.07, 6.45) is 49.8. The number of quaternary nitrogens is 1. The van der Waals surface area contributed by atoms with Crippen LogP contribution in [0.15, 0.2) is 12.2 Å². The molecule has 0 aromatic carbocycles. The predicted molar refractivity (Wildman–Crippen MR) is 261 cm³/mol. The number of unbranched alkanes of at least 4 members (excludes halogenated alkanes) is 33. The van der Waals surface area contributed by atoms with E-state index in [2.05, 4.69) is 26.0 Å². The Morgan fingerprint density at radius 3 is 1.21 bits per heavy atom. The van der Waals surface area contributed by atoms with E-state index in [-0.39, 0.29) is 32.0 Å². The van der Waals surface area contributed by atoms with Crippen LogP contribution >= 0.6 is 7.82 Å². The molecule has 2 atom stereocenters. The van der Waals surface area contributed by atoms with Crippen molar-refractivity contribution in [2.24, 2.45) is 0 Å². The Kier molecular flexibility index (Phi) is 44.0. The second kappa shape index (κ2) is 44.9. The average Bonchev–Trinajstić information content (AvgIpc) is 3.23. The maximum atomic E-state index is 12.8. The van der Waals surface area contributed by atoms with Gasteiger partial charge in [-0.05, 0) is 38.5 Å². The lowest BCUT2D eigenvalue weighted by Gasteiger charge is -2.24. The highest BCUT2D eigenvalue weighted by Gasteiger charge is 2.27. The first-order valence-electron chi connectivity index (χ1n) is 26.4. The quantitative estimate of drug-likeness (QED) is 0.0211. The molecule has 1 N–H and O–H groups in total. The van der Waals surface area contributed by atoms with Crippen molar-refractivity contribution in [1.29, 1.82) is 0 Å². The fourth-order valence-corrected chi connectivity index (χ4v) is 8.40. The van der Waals surface area contributed by atoms with Gasteiger partial charge < -0.3 is 18.9 Å². The summed E-state index contributed by atoms with van der Waals surface area (Å²) in [5, 5.41) is 0. The molecule has 0 heterocycles. The van der Waals surface area contributed by atoms with Crippen LogP contribution in [0.1, 0.15) is 258 Å². The minimum Gasteiger partial charge on any atom is -0.462 e. The normalized spacial score (nSPS) is 13.5. The number of allylic oxidation sites excluding steroid dienone is 2. The Balaban J connectivity index is 4.16.